The van der Waals surface area contributed by atoms with Crippen LogP contribution >= 0.6 is 0 Å². The van der Waals surface area contributed by atoms with Gasteiger partial charge in [0.05, 0.1) is 0 Å². The number of nitrogens with one attached hydrogen (secondary N) is 1. The Morgan fingerprint density at radius 2 is 2.27 bits per heavy atom. The molecule has 0 fully saturated rings. The Balaban J connectivity index is 2.66. The summed E-state index contributed by atoms with van der Waals surface area (Å²) < 4.78 is 2.16. The highest BCUT2D eigenvalue weighted by atomic mass is 15.2. The third-order valence-corrected chi connectivity index (χ3v) is 3.09. The van der Waals surface area contributed by atoms with E-state index in [2.05, 4.69) is 35.7 Å². The molecule has 3 N–H and O–H groups in total. The average Bonchev–Trinajstić information content (AvgIpc) is 2.71. The Morgan fingerprint density at radius 3 is 2.80 bits per heavy atom. The van der Waals surface area contributed by atoms with Crippen molar-refractivity contribution in [2.24, 2.45) is 11.8 Å². The molecule has 0 aliphatic carbocycles. The molecule has 1 heterocycles. The fraction of sp³-hybridized carbons (Fsp3) is 0.727. The molecule has 0 saturated heterocycles. The second-order valence-electron chi connectivity index (χ2n) is 3.99. The van der Waals surface area contributed by atoms with Gasteiger partial charge in [-0.15, -0.1) is 0 Å². The van der Waals surface area contributed by atoms with Gasteiger partial charge < -0.3 is 4.57 Å². The number of hydrazine groups is 1. The van der Waals surface area contributed by atoms with Crippen molar-refractivity contribution in [1.29, 1.82) is 0 Å². The number of aromatic nitrogens is 2. The Labute approximate surface area is 91.8 Å². The van der Waals surface area contributed by atoms with Crippen molar-refractivity contribution >= 4 is 0 Å². The minimum absolute atomic E-state index is 0.308. The molecule has 4 nitrogen and oxygen atoms in total. The second-order valence-corrected chi connectivity index (χ2v) is 3.99. The van der Waals surface area contributed by atoms with Gasteiger partial charge in [-0.25, -0.2) is 4.98 Å². The molecule has 0 amide bonds. The summed E-state index contributed by atoms with van der Waals surface area (Å²) in [5, 5.41) is 0. The molecule has 2 unspecified atom stereocenters. The molecular weight excluding hydrogens is 188 g/mol. The van der Waals surface area contributed by atoms with Gasteiger partial charge in [0, 0.05) is 31.4 Å². The molecule has 86 valence electrons. The van der Waals surface area contributed by atoms with Crippen LogP contribution in [0.25, 0.3) is 0 Å². The standard InChI is InChI=1S/C11H22N4/c1-4-9(3)10(14-12)8-11-13-6-7-15(11)5-2/h6-7,9-10,14H,4-5,8,12H2,1-3H3. The van der Waals surface area contributed by atoms with E-state index in [1.54, 1.807) is 0 Å². The van der Waals surface area contributed by atoms with Gasteiger partial charge in [-0.2, -0.15) is 0 Å². The van der Waals surface area contributed by atoms with Gasteiger partial charge in [0.25, 0.3) is 0 Å². The number of nitrogens with zero attached hydrogens (tertiary/aromatic N) is 2. The van der Waals surface area contributed by atoms with Crippen molar-refractivity contribution in [3.8, 4) is 0 Å². The van der Waals surface area contributed by atoms with E-state index < -0.39 is 0 Å². The first-order chi connectivity index (χ1) is 7.22. The van der Waals surface area contributed by atoms with Crippen molar-refractivity contribution < 1.29 is 0 Å². The van der Waals surface area contributed by atoms with E-state index in [1.165, 1.54) is 0 Å². The first kappa shape index (κ1) is 12.2. The van der Waals surface area contributed by atoms with Crippen LogP contribution in [-0.4, -0.2) is 15.6 Å². The van der Waals surface area contributed by atoms with E-state index in [0.717, 1.165) is 25.2 Å². The maximum atomic E-state index is 5.57. The smallest absolute Gasteiger partial charge is 0.110 e. The molecule has 1 rings (SSSR count). The summed E-state index contributed by atoms with van der Waals surface area (Å²) in [4.78, 5) is 4.36. The van der Waals surface area contributed by atoms with Crippen LogP contribution in [0.2, 0.25) is 0 Å². The molecule has 2 atom stereocenters. The Kier molecular flexibility index (Phi) is 4.78. The van der Waals surface area contributed by atoms with Crippen LogP contribution in [0.15, 0.2) is 12.4 Å². The lowest BCUT2D eigenvalue weighted by molar-refractivity contribution is 0.361. The summed E-state index contributed by atoms with van der Waals surface area (Å²) >= 11 is 0. The number of rotatable bonds is 6. The molecular formula is C11H22N4. The Bertz CT molecular complexity index is 282. The summed E-state index contributed by atoms with van der Waals surface area (Å²) in [6.45, 7) is 7.48. The molecule has 15 heavy (non-hydrogen) atoms. The highest BCUT2D eigenvalue weighted by Crippen LogP contribution is 2.12. The van der Waals surface area contributed by atoms with E-state index in [1.807, 2.05) is 12.4 Å². The van der Waals surface area contributed by atoms with Gasteiger partial charge in [-0.1, -0.05) is 20.3 Å². The highest BCUT2D eigenvalue weighted by Gasteiger charge is 2.16. The Hall–Kier alpha value is -0.870. The van der Waals surface area contributed by atoms with Crippen molar-refractivity contribution in [2.75, 3.05) is 0 Å². The third-order valence-electron chi connectivity index (χ3n) is 3.09. The number of hydrogen-bond donors (Lipinski definition) is 2. The average molecular weight is 210 g/mol. The molecule has 0 spiro atoms. The highest BCUT2D eigenvalue weighted by molar-refractivity contribution is 4.96. The van der Waals surface area contributed by atoms with Gasteiger partial charge in [-0.3, -0.25) is 11.3 Å². The van der Waals surface area contributed by atoms with Gasteiger partial charge >= 0.3 is 0 Å². The number of hydrogen-bond acceptors (Lipinski definition) is 3. The first-order valence-corrected chi connectivity index (χ1v) is 5.69. The predicted octanol–water partition coefficient (Wildman–Crippen LogP) is 1.32. The maximum absolute atomic E-state index is 5.57. The number of imidazole rings is 1. The zero-order valence-electron chi connectivity index (χ0n) is 9.90. The first-order valence-electron chi connectivity index (χ1n) is 5.69. The molecule has 0 saturated carbocycles. The van der Waals surface area contributed by atoms with Crippen LogP contribution in [0.4, 0.5) is 0 Å². The summed E-state index contributed by atoms with van der Waals surface area (Å²) in [5.74, 6) is 7.25. The quantitative estimate of drug-likeness (QED) is 0.550. The van der Waals surface area contributed by atoms with Gasteiger partial charge in [-0.05, 0) is 12.8 Å². The van der Waals surface area contributed by atoms with E-state index in [0.29, 0.717) is 12.0 Å². The molecule has 0 aliphatic heterocycles. The molecule has 0 aromatic carbocycles. The van der Waals surface area contributed by atoms with Gasteiger partial charge in [0.1, 0.15) is 5.82 Å². The third kappa shape index (κ3) is 3.04. The molecule has 4 heteroatoms. The van der Waals surface area contributed by atoms with E-state index >= 15 is 0 Å². The topological polar surface area (TPSA) is 55.9 Å². The zero-order chi connectivity index (χ0) is 11.3. The lowest BCUT2D eigenvalue weighted by Crippen LogP contribution is -2.41. The zero-order valence-corrected chi connectivity index (χ0v) is 9.90. The lowest BCUT2D eigenvalue weighted by Gasteiger charge is -2.21. The van der Waals surface area contributed by atoms with Crippen LogP contribution in [-0.2, 0) is 13.0 Å². The van der Waals surface area contributed by atoms with Crippen molar-refractivity contribution in [1.82, 2.24) is 15.0 Å². The SMILES string of the molecule is CCC(C)C(Cc1nccn1CC)NN. The van der Waals surface area contributed by atoms with Gasteiger partial charge in [0.15, 0.2) is 0 Å². The van der Waals surface area contributed by atoms with E-state index in [-0.39, 0.29) is 0 Å². The summed E-state index contributed by atoms with van der Waals surface area (Å²) in [7, 11) is 0. The van der Waals surface area contributed by atoms with Crippen LogP contribution in [0.1, 0.15) is 33.0 Å². The number of nitrogens with two attached hydrogens (primary N) is 1. The van der Waals surface area contributed by atoms with Crippen LogP contribution < -0.4 is 11.3 Å². The largest absolute Gasteiger partial charge is 0.335 e. The minimum Gasteiger partial charge on any atom is -0.335 e. The summed E-state index contributed by atoms with van der Waals surface area (Å²) in [5.41, 5.74) is 2.89. The Morgan fingerprint density at radius 1 is 1.53 bits per heavy atom. The normalized spacial score (nSPS) is 15.2. The summed E-state index contributed by atoms with van der Waals surface area (Å²) in [6, 6.07) is 0.308. The van der Waals surface area contributed by atoms with Crippen molar-refractivity contribution in [3.63, 3.8) is 0 Å². The second kappa shape index (κ2) is 5.88. The maximum Gasteiger partial charge on any atom is 0.110 e. The lowest BCUT2D eigenvalue weighted by atomic mass is 9.97. The van der Waals surface area contributed by atoms with Gasteiger partial charge in [0.2, 0.25) is 0 Å². The molecule has 1 aromatic rings. The van der Waals surface area contributed by atoms with Crippen LogP contribution in [0, 0.1) is 5.92 Å². The van der Waals surface area contributed by atoms with Crippen molar-refractivity contribution in [2.45, 2.75) is 46.2 Å². The van der Waals surface area contributed by atoms with E-state index in [4.69, 9.17) is 5.84 Å². The van der Waals surface area contributed by atoms with E-state index in [9.17, 15) is 0 Å². The monoisotopic (exact) mass is 210 g/mol. The number of aryl methyl sites for hydroxylation is 1. The fourth-order valence-corrected chi connectivity index (χ4v) is 1.72. The predicted molar refractivity (Wildman–Crippen MR) is 62.2 cm³/mol. The van der Waals surface area contributed by atoms with Crippen molar-refractivity contribution in [3.05, 3.63) is 18.2 Å². The molecule has 1 aromatic heterocycles. The van der Waals surface area contributed by atoms with Crippen LogP contribution in [0.5, 0.6) is 0 Å². The fourth-order valence-electron chi connectivity index (χ4n) is 1.72. The summed E-state index contributed by atoms with van der Waals surface area (Å²) in [6.07, 6.45) is 5.89. The van der Waals surface area contributed by atoms with Crippen LogP contribution in [0.3, 0.4) is 0 Å². The molecule has 0 aliphatic rings. The molecule has 0 bridgehead atoms. The minimum atomic E-state index is 0.308. The molecule has 0 radical (unpaired) electrons.